The fourth-order valence-corrected chi connectivity index (χ4v) is 4.70. The van der Waals surface area contributed by atoms with Gasteiger partial charge < -0.3 is 10.2 Å². The number of hydrogen-bond donors (Lipinski definition) is 1. The smallest absolute Gasteiger partial charge is 0.257 e. The normalized spacial score (nSPS) is 16.2. The number of anilines is 1. The van der Waals surface area contributed by atoms with E-state index in [0.29, 0.717) is 29.4 Å². The zero-order chi connectivity index (χ0) is 19.4. The van der Waals surface area contributed by atoms with Crippen molar-refractivity contribution in [1.29, 1.82) is 0 Å². The van der Waals surface area contributed by atoms with Crippen molar-refractivity contribution in [3.63, 3.8) is 0 Å². The van der Waals surface area contributed by atoms with E-state index in [9.17, 15) is 13.2 Å². The molecular weight excluding hydrogens is 386 g/mol. The molecule has 144 valence electrons. The quantitative estimate of drug-likeness (QED) is 0.827. The highest BCUT2D eigenvalue weighted by molar-refractivity contribution is 7.89. The van der Waals surface area contributed by atoms with Gasteiger partial charge in [0, 0.05) is 31.9 Å². The largest absolute Gasteiger partial charge is 0.322 e. The molecule has 0 spiro atoms. The van der Waals surface area contributed by atoms with E-state index < -0.39 is 10.0 Å². The van der Waals surface area contributed by atoms with Crippen LogP contribution in [0.4, 0.5) is 5.69 Å². The predicted molar refractivity (Wildman–Crippen MR) is 107 cm³/mol. The van der Waals surface area contributed by atoms with E-state index in [2.05, 4.69) is 17.1 Å². The van der Waals surface area contributed by atoms with Gasteiger partial charge in [0.2, 0.25) is 10.0 Å². The molecule has 0 aromatic heterocycles. The molecule has 2 aromatic rings. The number of amides is 1. The lowest BCUT2D eigenvalue weighted by atomic mass is 10.2. The van der Waals surface area contributed by atoms with E-state index in [1.807, 2.05) is 0 Å². The van der Waals surface area contributed by atoms with E-state index in [1.165, 1.54) is 10.4 Å². The van der Waals surface area contributed by atoms with Crippen LogP contribution in [0.2, 0.25) is 5.02 Å². The van der Waals surface area contributed by atoms with Crippen molar-refractivity contribution in [2.45, 2.75) is 11.8 Å². The summed E-state index contributed by atoms with van der Waals surface area (Å²) < 4.78 is 27.3. The van der Waals surface area contributed by atoms with E-state index in [-0.39, 0.29) is 10.8 Å². The molecule has 0 atom stereocenters. The molecule has 6 nitrogen and oxygen atoms in total. The van der Waals surface area contributed by atoms with Crippen molar-refractivity contribution in [2.24, 2.45) is 0 Å². The van der Waals surface area contributed by atoms with E-state index >= 15 is 0 Å². The number of hydrogen-bond acceptors (Lipinski definition) is 4. The summed E-state index contributed by atoms with van der Waals surface area (Å²) in [4.78, 5) is 14.8. The van der Waals surface area contributed by atoms with Gasteiger partial charge in [0.05, 0.1) is 15.5 Å². The summed E-state index contributed by atoms with van der Waals surface area (Å²) in [7, 11) is -3.60. The Morgan fingerprint density at radius 1 is 1.07 bits per heavy atom. The van der Waals surface area contributed by atoms with Crippen LogP contribution in [0, 0.1) is 0 Å². The molecule has 1 amide bonds. The van der Waals surface area contributed by atoms with Crippen LogP contribution >= 0.6 is 11.6 Å². The van der Waals surface area contributed by atoms with Gasteiger partial charge in [-0.15, -0.1) is 0 Å². The zero-order valence-corrected chi connectivity index (χ0v) is 16.6. The highest BCUT2D eigenvalue weighted by Crippen LogP contribution is 2.22. The highest BCUT2D eigenvalue weighted by atomic mass is 35.5. The molecule has 1 N–H and O–H groups in total. The number of rotatable bonds is 5. The Hall–Kier alpha value is -1.93. The number of nitrogens with zero attached hydrogens (tertiary/aromatic N) is 2. The number of carbonyl (C=O) groups is 1. The van der Waals surface area contributed by atoms with Crippen LogP contribution < -0.4 is 5.32 Å². The molecule has 0 bridgehead atoms. The molecule has 1 heterocycles. The van der Waals surface area contributed by atoms with Crippen molar-refractivity contribution < 1.29 is 13.2 Å². The number of benzene rings is 2. The monoisotopic (exact) mass is 407 g/mol. The maximum atomic E-state index is 12.9. The van der Waals surface area contributed by atoms with Gasteiger partial charge in [-0.2, -0.15) is 4.31 Å². The summed E-state index contributed by atoms with van der Waals surface area (Å²) >= 11 is 6.05. The van der Waals surface area contributed by atoms with E-state index in [1.54, 1.807) is 42.5 Å². The van der Waals surface area contributed by atoms with Crippen molar-refractivity contribution in [2.75, 3.05) is 38.0 Å². The molecule has 8 heteroatoms. The number of sulfonamides is 1. The maximum Gasteiger partial charge on any atom is 0.257 e. The van der Waals surface area contributed by atoms with Crippen LogP contribution in [0.1, 0.15) is 17.3 Å². The fraction of sp³-hybridized carbons (Fsp3) is 0.316. The molecule has 1 saturated heterocycles. The first-order valence-electron chi connectivity index (χ1n) is 8.80. The van der Waals surface area contributed by atoms with Crippen LogP contribution in [0.5, 0.6) is 0 Å². The lowest BCUT2D eigenvalue weighted by Gasteiger charge is -2.33. The van der Waals surface area contributed by atoms with Crippen LogP contribution in [0.3, 0.4) is 0 Å². The molecule has 0 aliphatic carbocycles. The van der Waals surface area contributed by atoms with E-state index in [0.717, 1.165) is 19.6 Å². The van der Waals surface area contributed by atoms with Crippen molar-refractivity contribution in [1.82, 2.24) is 9.21 Å². The average molecular weight is 408 g/mol. The zero-order valence-electron chi connectivity index (χ0n) is 15.1. The number of likely N-dealkylation sites (N-methyl/N-ethyl adjacent to an activating group) is 1. The Labute approximate surface area is 164 Å². The summed E-state index contributed by atoms with van der Waals surface area (Å²) in [6.45, 7) is 5.35. The molecule has 1 aliphatic heterocycles. The third kappa shape index (κ3) is 4.50. The van der Waals surface area contributed by atoms with Gasteiger partial charge in [-0.05, 0) is 36.9 Å². The van der Waals surface area contributed by atoms with Gasteiger partial charge >= 0.3 is 0 Å². The van der Waals surface area contributed by atoms with Gasteiger partial charge in [0.15, 0.2) is 0 Å². The van der Waals surface area contributed by atoms with Gasteiger partial charge in [-0.1, -0.05) is 36.7 Å². The molecule has 3 rings (SSSR count). The molecule has 2 aromatic carbocycles. The molecule has 0 saturated carbocycles. The van der Waals surface area contributed by atoms with Gasteiger partial charge in [0.1, 0.15) is 0 Å². The van der Waals surface area contributed by atoms with Crippen LogP contribution in [0.15, 0.2) is 53.4 Å². The summed E-state index contributed by atoms with van der Waals surface area (Å²) in [6, 6.07) is 13.0. The molecule has 0 radical (unpaired) electrons. The summed E-state index contributed by atoms with van der Waals surface area (Å²) in [5, 5.41) is 3.06. The lowest BCUT2D eigenvalue weighted by molar-refractivity contribution is 0.102. The molecule has 0 unspecified atom stereocenters. The molecular formula is C19H22ClN3O3S. The Bertz CT molecular complexity index is 925. The number of piperazine rings is 1. The lowest BCUT2D eigenvalue weighted by Crippen LogP contribution is -2.48. The van der Waals surface area contributed by atoms with Gasteiger partial charge in [-0.3, -0.25) is 4.79 Å². The number of nitrogens with one attached hydrogen (secondary N) is 1. The average Bonchev–Trinajstić information content (AvgIpc) is 2.68. The summed E-state index contributed by atoms with van der Waals surface area (Å²) in [5.74, 6) is -0.383. The predicted octanol–water partition coefficient (Wildman–Crippen LogP) is 2.92. The number of carbonyl (C=O) groups excluding carboxylic acids is 1. The van der Waals surface area contributed by atoms with Gasteiger partial charge in [0.25, 0.3) is 5.91 Å². The van der Waals surface area contributed by atoms with Crippen molar-refractivity contribution >= 4 is 33.2 Å². The summed E-state index contributed by atoms with van der Waals surface area (Å²) in [6.07, 6.45) is 0. The Morgan fingerprint density at radius 3 is 2.44 bits per heavy atom. The first kappa shape index (κ1) is 19.8. The van der Waals surface area contributed by atoms with Gasteiger partial charge in [-0.25, -0.2) is 8.42 Å². The standard InChI is InChI=1S/C19H22ClN3O3S/c1-2-22-10-12-23(13-11-22)27(25,26)16-7-5-6-15(14-16)21-19(24)17-8-3-4-9-18(17)20/h3-9,14H,2,10-13H2,1H3,(H,21,24). The first-order chi connectivity index (χ1) is 12.9. The maximum absolute atomic E-state index is 12.9. The van der Waals surface area contributed by atoms with Crippen molar-refractivity contribution in [3.8, 4) is 0 Å². The third-order valence-electron chi connectivity index (χ3n) is 4.63. The third-order valence-corrected chi connectivity index (χ3v) is 6.85. The minimum absolute atomic E-state index is 0.171. The fourth-order valence-electron chi connectivity index (χ4n) is 3.01. The highest BCUT2D eigenvalue weighted by Gasteiger charge is 2.28. The SMILES string of the molecule is CCN1CCN(S(=O)(=O)c2cccc(NC(=O)c3ccccc3Cl)c2)CC1. The Balaban J connectivity index is 1.77. The molecule has 1 fully saturated rings. The Morgan fingerprint density at radius 2 is 1.78 bits per heavy atom. The second-order valence-corrected chi connectivity index (χ2v) is 8.65. The summed E-state index contributed by atoms with van der Waals surface area (Å²) in [5.41, 5.74) is 0.747. The molecule has 1 aliphatic rings. The second kappa shape index (κ2) is 8.39. The minimum atomic E-state index is -3.60. The van der Waals surface area contributed by atoms with Crippen LogP contribution in [-0.2, 0) is 10.0 Å². The number of halogens is 1. The minimum Gasteiger partial charge on any atom is -0.322 e. The first-order valence-corrected chi connectivity index (χ1v) is 10.6. The topological polar surface area (TPSA) is 69.7 Å². The van der Waals surface area contributed by atoms with Crippen LogP contribution in [0.25, 0.3) is 0 Å². The molecule has 27 heavy (non-hydrogen) atoms. The van der Waals surface area contributed by atoms with E-state index in [4.69, 9.17) is 11.6 Å². The Kier molecular flexibility index (Phi) is 6.16. The van der Waals surface area contributed by atoms with Crippen LogP contribution in [-0.4, -0.2) is 56.3 Å². The second-order valence-electron chi connectivity index (χ2n) is 6.30. The van der Waals surface area contributed by atoms with Crippen molar-refractivity contribution in [3.05, 3.63) is 59.1 Å².